The van der Waals surface area contributed by atoms with E-state index in [4.69, 9.17) is 42.6 Å². The van der Waals surface area contributed by atoms with Crippen LogP contribution in [0.4, 0.5) is 0 Å². The topological polar surface area (TPSA) is 178 Å². The lowest BCUT2D eigenvalue weighted by atomic mass is 9.83. The zero-order chi connectivity index (χ0) is 43.3. The number of fused-ring (bicyclic) bond motifs is 11. The average Bonchev–Trinajstić information content (AvgIpc) is 3.91. The van der Waals surface area contributed by atoms with Gasteiger partial charge < -0.3 is 58.0 Å². The van der Waals surface area contributed by atoms with Crippen molar-refractivity contribution in [3.63, 3.8) is 0 Å². The molecule has 9 rings (SSSR count). The third-order valence-electron chi connectivity index (χ3n) is 15.7. The van der Waals surface area contributed by atoms with Gasteiger partial charge in [0.15, 0.2) is 29.2 Å². The molecular formula is C47H70O14. The molecule has 9 aliphatic rings. The fraction of sp³-hybridized carbons (Fsp3) is 0.872. The van der Waals surface area contributed by atoms with Crippen molar-refractivity contribution in [1.29, 1.82) is 0 Å². The quantitative estimate of drug-likeness (QED) is 0.230. The predicted molar refractivity (Wildman–Crippen MR) is 218 cm³/mol. The minimum absolute atomic E-state index is 0.0381. The number of carbonyl (C=O) groups is 2. The van der Waals surface area contributed by atoms with Crippen molar-refractivity contribution in [2.75, 3.05) is 6.61 Å². The number of rotatable bonds is 1. The Hall–Kier alpha value is -1.82. The van der Waals surface area contributed by atoms with Crippen LogP contribution in [0.1, 0.15) is 138 Å². The summed E-state index contributed by atoms with van der Waals surface area (Å²) in [6.07, 6.45) is 5.06. The van der Waals surface area contributed by atoms with Crippen molar-refractivity contribution < 1.29 is 67.5 Å². The highest BCUT2D eigenvalue weighted by Crippen LogP contribution is 2.55. The summed E-state index contributed by atoms with van der Waals surface area (Å²) < 4.78 is 59.4. The van der Waals surface area contributed by atoms with Crippen molar-refractivity contribution in [3.8, 4) is 0 Å². The van der Waals surface area contributed by atoms with Crippen LogP contribution in [0.15, 0.2) is 23.8 Å². The van der Waals surface area contributed by atoms with E-state index in [1.165, 1.54) is 0 Å². The Bertz CT molecular complexity index is 1750. The Kier molecular flexibility index (Phi) is 11.6. The number of Topliss-reactive ketones (excluding diaryl/α,β-unsaturated/α-hetero) is 1. The summed E-state index contributed by atoms with van der Waals surface area (Å²) in [5.74, 6) is -5.06. The maximum atomic E-state index is 14.2. The third kappa shape index (κ3) is 8.25. The molecule has 61 heavy (non-hydrogen) atoms. The first kappa shape index (κ1) is 44.4. The number of hydrogen-bond donors (Lipinski definition) is 3. The lowest BCUT2D eigenvalue weighted by Crippen LogP contribution is -2.60. The van der Waals surface area contributed by atoms with E-state index >= 15 is 0 Å². The molecule has 9 aliphatic heterocycles. The van der Waals surface area contributed by atoms with Gasteiger partial charge in [-0.2, -0.15) is 0 Å². The molecule has 0 amide bonds. The van der Waals surface area contributed by atoms with Crippen LogP contribution in [0.3, 0.4) is 0 Å². The summed E-state index contributed by atoms with van der Waals surface area (Å²) in [7, 11) is 0. The molecule has 342 valence electrons. The van der Waals surface area contributed by atoms with Crippen LogP contribution in [-0.4, -0.2) is 129 Å². The molecule has 10 bridgehead atoms. The van der Waals surface area contributed by atoms with E-state index < -0.39 is 101 Å². The van der Waals surface area contributed by atoms with E-state index in [1.807, 2.05) is 26.8 Å². The van der Waals surface area contributed by atoms with Gasteiger partial charge in [-0.15, -0.1) is 0 Å². The number of aliphatic hydroxyl groups excluding tert-OH is 2. The fourth-order valence-electron chi connectivity index (χ4n) is 12.6. The number of allylic oxidation sites excluding steroid dienone is 3. The maximum absolute atomic E-state index is 14.2. The van der Waals surface area contributed by atoms with Gasteiger partial charge in [0.25, 0.3) is 0 Å². The van der Waals surface area contributed by atoms with E-state index in [9.17, 15) is 24.9 Å². The molecular weight excluding hydrogens is 789 g/mol. The Labute approximate surface area is 360 Å². The zero-order valence-electron chi connectivity index (χ0n) is 37.2. The first-order chi connectivity index (χ1) is 28.7. The van der Waals surface area contributed by atoms with Crippen LogP contribution < -0.4 is 0 Å². The Balaban J connectivity index is 1.03. The van der Waals surface area contributed by atoms with Gasteiger partial charge in [-0.05, 0) is 97.8 Å². The second-order valence-electron chi connectivity index (χ2n) is 21.4. The van der Waals surface area contributed by atoms with Crippen LogP contribution in [0, 0.1) is 17.8 Å². The smallest absolute Gasteiger partial charge is 0.311 e. The number of hydrogen-bond acceptors (Lipinski definition) is 14. The molecule has 8 saturated heterocycles. The van der Waals surface area contributed by atoms with E-state index in [0.717, 1.165) is 37.7 Å². The number of ketones is 1. The normalized spacial score (nSPS) is 55.7. The number of esters is 1. The van der Waals surface area contributed by atoms with Crippen LogP contribution >= 0.6 is 0 Å². The third-order valence-corrected chi connectivity index (χ3v) is 15.7. The van der Waals surface area contributed by atoms with Crippen molar-refractivity contribution in [2.45, 2.75) is 234 Å². The second-order valence-corrected chi connectivity index (χ2v) is 21.4. The first-order valence-corrected chi connectivity index (χ1v) is 23.3. The summed E-state index contributed by atoms with van der Waals surface area (Å²) in [4.78, 5) is 28.2. The molecule has 8 fully saturated rings. The monoisotopic (exact) mass is 858 g/mol. The van der Waals surface area contributed by atoms with Gasteiger partial charge in [0.2, 0.25) is 0 Å². The standard InChI is InChI=1S/C47H70O14/c1-26-10-11-33-38(36(50)40(54-33)46(52)23-27(2)14-20-53-46)55-41(51)29(4)32-9-8-15-45(56-32)17-12-30(48)39(60-45)44(7)24-31(49)37(59-44)34-25-43(6)18-19-47(57-34,61-43)35-13-16-42(5,58-35)22-28(3)21-26/h10-11,21,27-30,32-40,48,50,52H,8-9,12-20,22-25H2,1-7H3/b11-10+,26-21+/t27-,28+,29-,30+,32+,33?,34-,35-,36+,37?,38+,39?,40?,42-,43?,44-,45+,46+,47+/m1/s1. The highest BCUT2D eigenvalue weighted by molar-refractivity contribution is 5.86. The Morgan fingerprint density at radius 1 is 0.787 bits per heavy atom. The summed E-state index contributed by atoms with van der Waals surface area (Å²) in [6, 6.07) is 0. The maximum Gasteiger partial charge on any atom is 0.311 e. The summed E-state index contributed by atoms with van der Waals surface area (Å²) in [5, 5.41) is 35.0. The molecule has 14 heteroatoms. The van der Waals surface area contributed by atoms with Crippen LogP contribution in [0.2, 0.25) is 0 Å². The second kappa shape index (κ2) is 16.0. The van der Waals surface area contributed by atoms with Gasteiger partial charge >= 0.3 is 5.97 Å². The molecule has 0 aliphatic carbocycles. The molecule has 9 heterocycles. The van der Waals surface area contributed by atoms with Gasteiger partial charge in [0.1, 0.15) is 42.2 Å². The Morgan fingerprint density at radius 2 is 1.59 bits per heavy atom. The highest BCUT2D eigenvalue weighted by Gasteiger charge is 2.65. The van der Waals surface area contributed by atoms with Gasteiger partial charge in [0, 0.05) is 38.5 Å². The van der Waals surface area contributed by atoms with E-state index in [-0.39, 0.29) is 36.6 Å². The molecule has 5 unspecified atom stereocenters. The fourth-order valence-corrected chi connectivity index (χ4v) is 12.6. The van der Waals surface area contributed by atoms with Crippen LogP contribution in [0.5, 0.6) is 0 Å². The number of carbonyl (C=O) groups excluding carboxylic acids is 2. The van der Waals surface area contributed by atoms with Crippen molar-refractivity contribution >= 4 is 11.8 Å². The minimum Gasteiger partial charge on any atom is -0.456 e. The summed E-state index contributed by atoms with van der Waals surface area (Å²) in [5.41, 5.74) is -1.18. The lowest BCUT2D eigenvalue weighted by molar-refractivity contribution is -0.369. The summed E-state index contributed by atoms with van der Waals surface area (Å²) >= 11 is 0. The lowest BCUT2D eigenvalue weighted by Gasteiger charge is -2.51. The Morgan fingerprint density at radius 3 is 2.38 bits per heavy atom. The molecule has 0 radical (unpaired) electrons. The molecule has 3 N–H and O–H groups in total. The molecule has 0 aromatic carbocycles. The SMILES string of the molecule is CC1=C\[C@H](C)C[C@@]2(C)CC[C@@H](O2)[C@@]23CCC(C)(C[C@@H](O2)C2O[C@](C)(CC2=O)C2O[C@@]4(CCC[C@H](O4)[C@@H](C)C(=O)O[C@H]4C(\C=C\1)OC([C@]1(O)C[C@H](C)CCO1)[C@H]4O)CC[C@@H]2O)O3. The van der Waals surface area contributed by atoms with Crippen molar-refractivity contribution in [1.82, 2.24) is 0 Å². The molecule has 0 aromatic heterocycles. The van der Waals surface area contributed by atoms with Crippen molar-refractivity contribution in [3.05, 3.63) is 23.8 Å². The molecule has 0 saturated carbocycles. The average molecular weight is 859 g/mol. The number of aliphatic hydroxyl groups is 3. The zero-order valence-corrected chi connectivity index (χ0v) is 37.2. The number of ether oxygens (including phenoxy) is 9. The largest absolute Gasteiger partial charge is 0.456 e. The molecule has 19 atom stereocenters. The highest BCUT2D eigenvalue weighted by atomic mass is 16.8. The van der Waals surface area contributed by atoms with Gasteiger partial charge in [-0.25, -0.2) is 0 Å². The molecule has 14 nitrogen and oxygen atoms in total. The molecule has 0 aromatic rings. The summed E-state index contributed by atoms with van der Waals surface area (Å²) in [6.45, 7) is 14.3. The van der Waals surface area contributed by atoms with Gasteiger partial charge in [-0.3, -0.25) is 9.59 Å². The van der Waals surface area contributed by atoms with Crippen molar-refractivity contribution in [2.24, 2.45) is 17.8 Å². The van der Waals surface area contributed by atoms with Crippen LogP contribution in [0.25, 0.3) is 0 Å². The minimum atomic E-state index is -1.75. The van der Waals surface area contributed by atoms with Gasteiger partial charge in [-0.1, -0.05) is 37.6 Å². The van der Waals surface area contributed by atoms with Gasteiger partial charge in [0.05, 0.1) is 42.0 Å². The van der Waals surface area contributed by atoms with E-state index in [0.29, 0.717) is 51.6 Å². The van der Waals surface area contributed by atoms with E-state index in [2.05, 4.69) is 26.8 Å². The first-order valence-electron chi connectivity index (χ1n) is 23.3. The van der Waals surface area contributed by atoms with Crippen LogP contribution in [-0.2, 0) is 52.2 Å². The van der Waals surface area contributed by atoms with E-state index in [1.54, 1.807) is 13.0 Å². The predicted octanol–water partition coefficient (Wildman–Crippen LogP) is 5.25. The molecule has 2 spiro atoms.